The van der Waals surface area contributed by atoms with Gasteiger partial charge in [-0.15, -0.1) is 6.42 Å². The molecule has 3 heteroatoms. The minimum absolute atomic E-state index is 0.227. The molecule has 2 unspecified atom stereocenters. The van der Waals surface area contributed by atoms with Gasteiger partial charge in [0.1, 0.15) is 0 Å². The standard InChI is InChI=1S/C12H22N2O/c1-5-12(3,4)14-10(2)8-11-9-15-7-6-13-11/h1,10-11,13-14H,6-9H2,2-4H3. The predicted octanol–water partition coefficient (Wildman–Crippen LogP) is 0.755. The van der Waals surface area contributed by atoms with Gasteiger partial charge in [0, 0.05) is 18.6 Å². The third kappa shape index (κ3) is 4.65. The van der Waals surface area contributed by atoms with Crippen LogP contribution < -0.4 is 10.6 Å². The van der Waals surface area contributed by atoms with Gasteiger partial charge in [-0.2, -0.15) is 0 Å². The molecule has 3 nitrogen and oxygen atoms in total. The Balaban J connectivity index is 2.29. The Hall–Kier alpha value is -0.560. The molecule has 1 aliphatic rings. The van der Waals surface area contributed by atoms with E-state index in [0.29, 0.717) is 12.1 Å². The number of ether oxygens (including phenoxy) is 1. The zero-order chi connectivity index (χ0) is 11.3. The molecular formula is C12H22N2O. The van der Waals surface area contributed by atoms with Crippen LogP contribution in [0, 0.1) is 12.3 Å². The van der Waals surface area contributed by atoms with Crippen LogP contribution in [0.1, 0.15) is 27.2 Å². The van der Waals surface area contributed by atoms with Gasteiger partial charge < -0.3 is 10.1 Å². The fourth-order valence-corrected chi connectivity index (χ4v) is 1.91. The van der Waals surface area contributed by atoms with Crippen LogP contribution in [0.15, 0.2) is 0 Å². The molecule has 1 saturated heterocycles. The average molecular weight is 210 g/mol. The van der Waals surface area contributed by atoms with Crippen LogP contribution in [-0.2, 0) is 4.74 Å². The predicted molar refractivity (Wildman–Crippen MR) is 62.7 cm³/mol. The molecule has 0 aromatic rings. The highest BCUT2D eigenvalue weighted by Gasteiger charge is 2.20. The zero-order valence-corrected chi connectivity index (χ0v) is 9.97. The van der Waals surface area contributed by atoms with E-state index in [-0.39, 0.29) is 5.54 Å². The molecule has 1 fully saturated rings. The summed E-state index contributed by atoms with van der Waals surface area (Å²) in [6, 6.07) is 0.852. The van der Waals surface area contributed by atoms with Crippen molar-refractivity contribution < 1.29 is 4.74 Å². The normalized spacial score (nSPS) is 24.5. The van der Waals surface area contributed by atoms with Gasteiger partial charge in [0.2, 0.25) is 0 Å². The lowest BCUT2D eigenvalue weighted by Crippen LogP contribution is -2.49. The number of hydrogen-bond donors (Lipinski definition) is 2. The fourth-order valence-electron chi connectivity index (χ4n) is 1.91. The van der Waals surface area contributed by atoms with E-state index in [4.69, 9.17) is 11.2 Å². The molecular weight excluding hydrogens is 188 g/mol. The van der Waals surface area contributed by atoms with E-state index in [2.05, 4.69) is 23.5 Å². The molecule has 0 bridgehead atoms. The van der Waals surface area contributed by atoms with E-state index < -0.39 is 0 Å². The first kappa shape index (κ1) is 12.5. The lowest BCUT2D eigenvalue weighted by molar-refractivity contribution is 0.0705. The maximum absolute atomic E-state index is 5.43. The zero-order valence-electron chi connectivity index (χ0n) is 9.97. The summed E-state index contributed by atoms with van der Waals surface area (Å²) < 4.78 is 5.41. The lowest BCUT2D eigenvalue weighted by Gasteiger charge is -2.30. The molecule has 86 valence electrons. The molecule has 2 atom stereocenters. The Morgan fingerprint density at radius 2 is 2.40 bits per heavy atom. The first-order valence-electron chi connectivity index (χ1n) is 5.60. The Kier molecular flexibility index (Phi) is 4.59. The third-order valence-corrected chi connectivity index (χ3v) is 2.60. The van der Waals surface area contributed by atoms with Gasteiger partial charge in [-0.25, -0.2) is 0 Å². The lowest BCUT2D eigenvalue weighted by atomic mass is 10.0. The molecule has 1 rings (SSSR count). The number of hydrogen-bond acceptors (Lipinski definition) is 3. The summed E-state index contributed by atoms with van der Waals surface area (Å²) in [5.41, 5.74) is -0.227. The van der Waals surface area contributed by atoms with Crippen molar-refractivity contribution in [2.75, 3.05) is 19.8 Å². The molecule has 0 aromatic heterocycles. The molecule has 0 aromatic carbocycles. The summed E-state index contributed by atoms with van der Waals surface area (Å²) in [6.07, 6.45) is 6.48. The SMILES string of the molecule is C#CC(C)(C)NC(C)CC1COCCN1. The van der Waals surface area contributed by atoms with Gasteiger partial charge in [0.15, 0.2) is 0 Å². The second-order valence-electron chi connectivity index (χ2n) is 4.78. The van der Waals surface area contributed by atoms with Crippen molar-refractivity contribution in [1.82, 2.24) is 10.6 Å². The van der Waals surface area contributed by atoms with Gasteiger partial charge in [-0.3, -0.25) is 5.32 Å². The maximum atomic E-state index is 5.43. The maximum Gasteiger partial charge on any atom is 0.0743 e. The van der Waals surface area contributed by atoms with Gasteiger partial charge >= 0.3 is 0 Å². The Morgan fingerprint density at radius 1 is 1.67 bits per heavy atom. The first-order chi connectivity index (χ1) is 7.03. The van der Waals surface area contributed by atoms with E-state index in [1.807, 2.05) is 13.8 Å². The van der Waals surface area contributed by atoms with E-state index in [1.165, 1.54) is 0 Å². The highest BCUT2D eigenvalue weighted by molar-refractivity contribution is 5.08. The van der Waals surface area contributed by atoms with Crippen LogP contribution in [0.2, 0.25) is 0 Å². The molecule has 0 spiro atoms. The van der Waals surface area contributed by atoms with Gasteiger partial charge in [-0.05, 0) is 27.2 Å². The second kappa shape index (κ2) is 5.50. The quantitative estimate of drug-likeness (QED) is 0.672. The summed E-state index contributed by atoms with van der Waals surface area (Å²) in [5, 5.41) is 6.86. The van der Waals surface area contributed by atoms with Crippen molar-refractivity contribution in [3.63, 3.8) is 0 Å². The summed E-state index contributed by atoms with van der Waals surface area (Å²) in [6.45, 7) is 8.80. The van der Waals surface area contributed by atoms with E-state index in [0.717, 1.165) is 26.2 Å². The molecule has 0 saturated carbocycles. The van der Waals surface area contributed by atoms with Gasteiger partial charge in [0.25, 0.3) is 0 Å². The Morgan fingerprint density at radius 3 is 2.93 bits per heavy atom. The van der Waals surface area contributed by atoms with Crippen LogP contribution in [0.25, 0.3) is 0 Å². The molecule has 0 aliphatic carbocycles. The average Bonchev–Trinajstić information content (AvgIpc) is 2.18. The summed E-state index contributed by atoms with van der Waals surface area (Å²) >= 11 is 0. The van der Waals surface area contributed by atoms with Crippen LogP contribution in [0.3, 0.4) is 0 Å². The highest BCUT2D eigenvalue weighted by atomic mass is 16.5. The Bertz CT molecular complexity index is 226. The smallest absolute Gasteiger partial charge is 0.0743 e. The third-order valence-electron chi connectivity index (χ3n) is 2.60. The van der Waals surface area contributed by atoms with Crippen molar-refractivity contribution in [1.29, 1.82) is 0 Å². The molecule has 0 amide bonds. The van der Waals surface area contributed by atoms with E-state index in [9.17, 15) is 0 Å². The van der Waals surface area contributed by atoms with Crippen LogP contribution in [0.5, 0.6) is 0 Å². The van der Waals surface area contributed by atoms with Crippen molar-refractivity contribution in [3.05, 3.63) is 0 Å². The van der Waals surface area contributed by atoms with Gasteiger partial charge in [0.05, 0.1) is 18.8 Å². The number of rotatable bonds is 4. The number of terminal acetylenes is 1. The first-order valence-corrected chi connectivity index (χ1v) is 5.60. The summed E-state index contributed by atoms with van der Waals surface area (Å²) in [7, 11) is 0. The monoisotopic (exact) mass is 210 g/mol. The van der Waals surface area contributed by atoms with Crippen LogP contribution in [-0.4, -0.2) is 37.4 Å². The second-order valence-corrected chi connectivity index (χ2v) is 4.78. The van der Waals surface area contributed by atoms with Crippen molar-refractivity contribution >= 4 is 0 Å². The fraction of sp³-hybridized carbons (Fsp3) is 0.833. The van der Waals surface area contributed by atoms with Crippen LogP contribution in [0.4, 0.5) is 0 Å². The molecule has 2 N–H and O–H groups in total. The Labute approximate surface area is 93.0 Å². The van der Waals surface area contributed by atoms with Crippen LogP contribution >= 0.6 is 0 Å². The van der Waals surface area contributed by atoms with Crippen molar-refractivity contribution in [2.24, 2.45) is 0 Å². The van der Waals surface area contributed by atoms with E-state index in [1.54, 1.807) is 0 Å². The summed E-state index contributed by atoms with van der Waals surface area (Å²) in [5.74, 6) is 2.75. The number of nitrogens with one attached hydrogen (secondary N) is 2. The highest BCUT2D eigenvalue weighted by Crippen LogP contribution is 2.07. The molecule has 0 radical (unpaired) electrons. The number of morpholine rings is 1. The van der Waals surface area contributed by atoms with Crippen molar-refractivity contribution in [2.45, 2.75) is 44.8 Å². The van der Waals surface area contributed by atoms with Crippen molar-refractivity contribution in [3.8, 4) is 12.3 Å². The molecule has 15 heavy (non-hydrogen) atoms. The minimum atomic E-state index is -0.227. The topological polar surface area (TPSA) is 33.3 Å². The largest absolute Gasteiger partial charge is 0.379 e. The van der Waals surface area contributed by atoms with Gasteiger partial charge in [-0.1, -0.05) is 5.92 Å². The van der Waals surface area contributed by atoms with E-state index >= 15 is 0 Å². The summed E-state index contributed by atoms with van der Waals surface area (Å²) in [4.78, 5) is 0. The minimum Gasteiger partial charge on any atom is -0.379 e. The molecule has 1 heterocycles. The molecule has 1 aliphatic heterocycles.